The molecule has 10 heteroatoms. The van der Waals surface area contributed by atoms with E-state index in [4.69, 9.17) is 0 Å². The Balaban J connectivity index is 1.62. The number of rotatable bonds is 6. The van der Waals surface area contributed by atoms with Crippen LogP contribution >= 0.6 is 0 Å². The molecular formula is C18H17F4N5O. The third kappa shape index (κ3) is 3.72. The minimum atomic E-state index is -2.93. The normalized spacial score (nSPS) is 19.6. The number of hydrogen-bond acceptors (Lipinski definition) is 5. The van der Waals surface area contributed by atoms with E-state index in [9.17, 15) is 17.6 Å². The monoisotopic (exact) mass is 395 g/mol. The van der Waals surface area contributed by atoms with E-state index < -0.39 is 25.0 Å². The van der Waals surface area contributed by atoms with Gasteiger partial charge in [-0.3, -0.25) is 4.40 Å². The van der Waals surface area contributed by atoms with Crippen molar-refractivity contribution in [2.75, 3.05) is 18.4 Å². The predicted molar refractivity (Wildman–Crippen MR) is 94.8 cm³/mol. The Hall–Kier alpha value is -2.88. The number of halogens is 4. The Morgan fingerprint density at radius 1 is 1.14 bits per heavy atom. The Labute approximate surface area is 157 Å². The summed E-state index contributed by atoms with van der Waals surface area (Å²) in [5.41, 5.74) is 1.62. The van der Waals surface area contributed by atoms with E-state index in [1.807, 2.05) is 0 Å². The molecule has 2 N–H and O–H groups in total. The van der Waals surface area contributed by atoms with Crippen molar-refractivity contribution < 1.29 is 22.3 Å². The molecule has 28 heavy (non-hydrogen) atoms. The van der Waals surface area contributed by atoms with E-state index in [2.05, 4.69) is 25.3 Å². The van der Waals surface area contributed by atoms with Crippen LogP contribution in [0.5, 0.6) is 5.75 Å². The summed E-state index contributed by atoms with van der Waals surface area (Å²) in [5.74, 6) is -0.352. The summed E-state index contributed by atoms with van der Waals surface area (Å²) in [6.45, 7) is -2.27. The largest absolute Gasteiger partial charge is 0.433 e. The van der Waals surface area contributed by atoms with Gasteiger partial charge in [0.05, 0.1) is 29.7 Å². The minimum Gasteiger partial charge on any atom is -0.433 e. The number of pyridine rings is 2. The van der Waals surface area contributed by atoms with Crippen LogP contribution in [0.3, 0.4) is 0 Å². The van der Waals surface area contributed by atoms with Crippen molar-refractivity contribution >= 4 is 11.5 Å². The highest BCUT2D eigenvalue weighted by Crippen LogP contribution is 2.25. The zero-order valence-electron chi connectivity index (χ0n) is 14.5. The van der Waals surface area contributed by atoms with Crippen LogP contribution in [0.25, 0.3) is 17.0 Å². The Morgan fingerprint density at radius 2 is 2.00 bits per heavy atom. The van der Waals surface area contributed by atoms with Crippen LogP contribution in [0, 0.1) is 5.92 Å². The minimum absolute atomic E-state index is 0.00663. The number of fused-ring (bicyclic) bond motifs is 1. The average Bonchev–Trinajstić information content (AvgIpc) is 3.28. The third-order valence-electron chi connectivity index (χ3n) is 4.63. The standard InChI is InChI=1S/C18H17F4N5O/c19-17(20)11-6-23-7-13(11)26-15-3-1-2-12(25-15)14-8-24-16-5-4-10(9-27(14)16)28-18(21)22/h1-5,8-9,11,13,17-18,23H,6-7H2,(H,25,26). The van der Waals surface area contributed by atoms with Gasteiger partial charge in [0, 0.05) is 19.1 Å². The molecule has 2 unspecified atom stereocenters. The molecule has 3 aromatic heterocycles. The molecule has 2 atom stereocenters. The molecule has 1 fully saturated rings. The first-order valence-corrected chi connectivity index (χ1v) is 8.66. The molecule has 4 heterocycles. The molecule has 0 bridgehead atoms. The van der Waals surface area contributed by atoms with Gasteiger partial charge in [0.25, 0.3) is 0 Å². The van der Waals surface area contributed by atoms with Gasteiger partial charge in [-0.2, -0.15) is 8.78 Å². The number of ether oxygens (including phenoxy) is 1. The molecule has 0 radical (unpaired) electrons. The van der Waals surface area contributed by atoms with Crippen molar-refractivity contribution in [2.45, 2.75) is 19.1 Å². The molecule has 6 nitrogen and oxygen atoms in total. The highest BCUT2D eigenvalue weighted by molar-refractivity contribution is 5.62. The Morgan fingerprint density at radius 3 is 2.79 bits per heavy atom. The predicted octanol–water partition coefficient (Wildman–Crippen LogP) is 3.26. The second kappa shape index (κ2) is 7.63. The summed E-state index contributed by atoms with van der Waals surface area (Å²) in [6, 6.07) is 7.69. The van der Waals surface area contributed by atoms with E-state index in [-0.39, 0.29) is 12.3 Å². The Kier molecular flexibility index (Phi) is 5.03. The zero-order chi connectivity index (χ0) is 19.7. The summed E-state index contributed by atoms with van der Waals surface area (Å²) in [4.78, 5) is 8.71. The highest BCUT2D eigenvalue weighted by atomic mass is 19.3. The number of anilines is 1. The molecule has 148 valence electrons. The lowest BCUT2D eigenvalue weighted by molar-refractivity contribution is -0.0501. The number of alkyl halides is 4. The van der Waals surface area contributed by atoms with Crippen LogP contribution in [0.4, 0.5) is 23.4 Å². The molecule has 0 spiro atoms. The maximum Gasteiger partial charge on any atom is 0.387 e. The van der Waals surface area contributed by atoms with Crippen molar-refractivity contribution in [1.82, 2.24) is 19.7 Å². The second-order valence-electron chi connectivity index (χ2n) is 6.43. The number of nitrogens with zero attached hydrogens (tertiary/aromatic N) is 3. The molecule has 3 aromatic rings. The fraction of sp³-hybridized carbons (Fsp3) is 0.333. The summed E-state index contributed by atoms with van der Waals surface area (Å²) in [5, 5.41) is 6.01. The van der Waals surface area contributed by atoms with Gasteiger partial charge < -0.3 is 15.4 Å². The van der Waals surface area contributed by atoms with Gasteiger partial charge in [0.2, 0.25) is 6.43 Å². The fourth-order valence-corrected chi connectivity index (χ4v) is 3.29. The van der Waals surface area contributed by atoms with Gasteiger partial charge in [0.1, 0.15) is 17.2 Å². The first kappa shape index (κ1) is 18.5. The number of imidazole rings is 1. The molecule has 0 saturated carbocycles. The molecule has 1 saturated heterocycles. The lowest BCUT2D eigenvalue weighted by Gasteiger charge is -2.20. The average molecular weight is 395 g/mol. The Bertz CT molecular complexity index is 964. The summed E-state index contributed by atoms with van der Waals surface area (Å²) in [6.07, 6.45) is 0.536. The number of aromatic nitrogens is 3. The van der Waals surface area contributed by atoms with Gasteiger partial charge in [0.15, 0.2) is 0 Å². The smallest absolute Gasteiger partial charge is 0.387 e. The summed E-state index contributed by atoms with van der Waals surface area (Å²) in [7, 11) is 0. The van der Waals surface area contributed by atoms with Gasteiger partial charge in [-0.05, 0) is 24.3 Å². The van der Waals surface area contributed by atoms with E-state index >= 15 is 0 Å². The van der Waals surface area contributed by atoms with Crippen LogP contribution in [0.2, 0.25) is 0 Å². The van der Waals surface area contributed by atoms with Gasteiger partial charge >= 0.3 is 6.61 Å². The van der Waals surface area contributed by atoms with E-state index in [0.717, 1.165) is 0 Å². The van der Waals surface area contributed by atoms with Gasteiger partial charge in [-0.1, -0.05) is 6.07 Å². The molecule has 4 rings (SSSR count). The maximum atomic E-state index is 13.1. The van der Waals surface area contributed by atoms with Crippen molar-refractivity contribution in [1.29, 1.82) is 0 Å². The van der Waals surface area contributed by atoms with Gasteiger partial charge in [-0.15, -0.1) is 0 Å². The van der Waals surface area contributed by atoms with Crippen LogP contribution in [0.15, 0.2) is 42.7 Å². The van der Waals surface area contributed by atoms with Gasteiger partial charge in [-0.25, -0.2) is 18.7 Å². The lowest BCUT2D eigenvalue weighted by Crippen LogP contribution is -2.32. The van der Waals surface area contributed by atoms with Crippen LogP contribution < -0.4 is 15.4 Å². The van der Waals surface area contributed by atoms with Crippen molar-refractivity contribution in [3.63, 3.8) is 0 Å². The molecule has 0 aliphatic carbocycles. The first-order valence-electron chi connectivity index (χ1n) is 8.66. The second-order valence-corrected chi connectivity index (χ2v) is 6.43. The van der Waals surface area contributed by atoms with Crippen LogP contribution in [-0.4, -0.2) is 46.5 Å². The third-order valence-corrected chi connectivity index (χ3v) is 4.63. The van der Waals surface area contributed by atoms with Crippen LogP contribution in [-0.2, 0) is 0 Å². The van der Waals surface area contributed by atoms with Crippen molar-refractivity contribution in [2.24, 2.45) is 5.92 Å². The fourth-order valence-electron chi connectivity index (χ4n) is 3.29. The quantitative estimate of drug-likeness (QED) is 0.628. The molecule has 0 aromatic carbocycles. The SMILES string of the molecule is FC(F)Oc1ccc2ncc(-c3cccc(NC4CNCC4C(F)F)n3)n2c1. The maximum absolute atomic E-state index is 13.1. The molecule has 0 amide bonds. The van der Waals surface area contributed by atoms with E-state index in [1.165, 1.54) is 12.3 Å². The van der Waals surface area contributed by atoms with E-state index in [1.54, 1.807) is 34.9 Å². The zero-order valence-corrected chi connectivity index (χ0v) is 14.5. The first-order chi connectivity index (χ1) is 13.5. The molecule has 1 aliphatic rings. The van der Waals surface area contributed by atoms with Crippen molar-refractivity contribution in [3.8, 4) is 17.1 Å². The number of hydrogen-bond donors (Lipinski definition) is 2. The topological polar surface area (TPSA) is 63.5 Å². The summed E-state index contributed by atoms with van der Waals surface area (Å²) < 4.78 is 57.2. The lowest BCUT2D eigenvalue weighted by atomic mass is 10.0. The number of nitrogens with one attached hydrogen (secondary N) is 2. The molecular weight excluding hydrogens is 378 g/mol. The van der Waals surface area contributed by atoms with Crippen LogP contribution in [0.1, 0.15) is 0 Å². The summed E-state index contributed by atoms with van der Waals surface area (Å²) >= 11 is 0. The molecule has 1 aliphatic heterocycles. The van der Waals surface area contributed by atoms with Crippen molar-refractivity contribution in [3.05, 3.63) is 42.7 Å². The van der Waals surface area contributed by atoms with E-state index in [0.29, 0.717) is 29.4 Å². The highest BCUT2D eigenvalue weighted by Gasteiger charge is 2.34.